The molecule has 0 saturated carbocycles. The summed E-state index contributed by atoms with van der Waals surface area (Å²) >= 11 is 0. The predicted molar refractivity (Wildman–Crippen MR) is 73.8 cm³/mol. The molecule has 5 nitrogen and oxygen atoms in total. The van der Waals surface area contributed by atoms with Crippen molar-refractivity contribution in [2.45, 2.75) is 25.8 Å². The van der Waals surface area contributed by atoms with Crippen molar-refractivity contribution < 1.29 is 9.47 Å². The highest BCUT2D eigenvalue weighted by Crippen LogP contribution is 2.33. The fourth-order valence-electron chi connectivity index (χ4n) is 2.39. The molecule has 1 atom stereocenters. The lowest BCUT2D eigenvalue weighted by molar-refractivity contribution is 0.297. The van der Waals surface area contributed by atoms with Crippen molar-refractivity contribution in [1.82, 2.24) is 15.3 Å². The Kier molecular flexibility index (Phi) is 3.29. The maximum atomic E-state index is 5.69. The number of imidazole rings is 1. The quantitative estimate of drug-likeness (QED) is 0.890. The zero-order chi connectivity index (χ0) is 13.2. The highest BCUT2D eigenvalue weighted by molar-refractivity contribution is 5.80. The van der Waals surface area contributed by atoms with Gasteiger partial charge < -0.3 is 19.8 Å². The molecule has 0 saturated heterocycles. The summed E-state index contributed by atoms with van der Waals surface area (Å²) in [7, 11) is 1.95. The fraction of sp³-hybridized carbons (Fsp3) is 0.500. The molecule has 1 aliphatic heterocycles. The van der Waals surface area contributed by atoms with Crippen molar-refractivity contribution in [2.75, 3.05) is 20.3 Å². The number of ether oxygens (including phenoxy) is 2. The molecular weight excluding hydrogens is 242 g/mol. The van der Waals surface area contributed by atoms with E-state index in [9.17, 15) is 0 Å². The third-order valence-corrected chi connectivity index (χ3v) is 3.46. The molecule has 1 unspecified atom stereocenters. The molecule has 2 N–H and O–H groups in total. The van der Waals surface area contributed by atoms with E-state index in [1.807, 2.05) is 19.2 Å². The minimum Gasteiger partial charge on any atom is -0.489 e. The molecule has 0 bridgehead atoms. The SMILES string of the molecule is CCC(NC)c1nc2cc3c(cc2[nH]1)OCCCO3. The normalized spacial score (nSPS) is 16.3. The van der Waals surface area contributed by atoms with E-state index in [-0.39, 0.29) is 6.04 Å². The van der Waals surface area contributed by atoms with Gasteiger partial charge in [-0.1, -0.05) is 6.92 Å². The largest absolute Gasteiger partial charge is 0.489 e. The van der Waals surface area contributed by atoms with E-state index in [1.165, 1.54) is 0 Å². The van der Waals surface area contributed by atoms with Gasteiger partial charge in [0.1, 0.15) is 5.82 Å². The van der Waals surface area contributed by atoms with Crippen LogP contribution in [0.25, 0.3) is 11.0 Å². The summed E-state index contributed by atoms with van der Waals surface area (Å²) in [5, 5.41) is 3.25. The highest BCUT2D eigenvalue weighted by Gasteiger charge is 2.16. The monoisotopic (exact) mass is 261 g/mol. The predicted octanol–water partition coefficient (Wildman–Crippen LogP) is 2.39. The van der Waals surface area contributed by atoms with Crippen molar-refractivity contribution in [3.63, 3.8) is 0 Å². The first-order chi connectivity index (χ1) is 9.31. The van der Waals surface area contributed by atoms with Gasteiger partial charge in [0.05, 0.1) is 30.3 Å². The topological polar surface area (TPSA) is 59.2 Å². The number of hydrogen-bond acceptors (Lipinski definition) is 4. The van der Waals surface area contributed by atoms with Crippen LogP contribution in [-0.4, -0.2) is 30.2 Å². The van der Waals surface area contributed by atoms with Crippen molar-refractivity contribution in [3.8, 4) is 11.5 Å². The van der Waals surface area contributed by atoms with E-state index < -0.39 is 0 Å². The van der Waals surface area contributed by atoms with Gasteiger partial charge in [-0.25, -0.2) is 4.98 Å². The van der Waals surface area contributed by atoms with Crippen LogP contribution >= 0.6 is 0 Å². The molecule has 3 rings (SSSR count). The van der Waals surface area contributed by atoms with Gasteiger partial charge in [0.25, 0.3) is 0 Å². The number of rotatable bonds is 3. The number of hydrogen-bond donors (Lipinski definition) is 2. The average Bonchev–Trinajstić information content (AvgIpc) is 2.67. The van der Waals surface area contributed by atoms with Crippen LogP contribution < -0.4 is 14.8 Å². The van der Waals surface area contributed by atoms with Gasteiger partial charge in [0.2, 0.25) is 0 Å². The molecule has 5 heteroatoms. The van der Waals surface area contributed by atoms with E-state index in [4.69, 9.17) is 9.47 Å². The Morgan fingerprint density at radius 2 is 2.05 bits per heavy atom. The van der Waals surface area contributed by atoms with Gasteiger partial charge in [-0.15, -0.1) is 0 Å². The van der Waals surface area contributed by atoms with Crippen molar-refractivity contribution >= 4 is 11.0 Å². The van der Waals surface area contributed by atoms with Gasteiger partial charge in [0.15, 0.2) is 11.5 Å². The lowest BCUT2D eigenvalue weighted by Gasteiger charge is -2.09. The average molecular weight is 261 g/mol. The Balaban J connectivity index is 2.03. The molecule has 1 aromatic carbocycles. The zero-order valence-electron chi connectivity index (χ0n) is 11.3. The van der Waals surface area contributed by atoms with Crippen LogP contribution in [0.3, 0.4) is 0 Å². The summed E-state index contributed by atoms with van der Waals surface area (Å²) in [5.74, 6) is 2.55. The van der Waals surface area contributed by atoms with Gasteiger partial charge in [-0.05, 0) is 13.5 Å². The molecular formula is C14H19N3O2. The Bertz CT molecular complexity index is 532. The number of nitrogens with zero attached hydrogens (tertiary/aromatic N) is 1. The van der Waals surface area contributed by atoms with Gasteiger partial charge in [-0.3, -0.25) is 0 Å². The van der Waals surface area contributed by atoms with Crippen molar-refractivity contribution in [1.29, 1.82) is 0 Å². The molecule has 0 aliphatic carbocycles. The molecule has 1 aliphatic rings. The Morgan fingerprint density at radius 1 is 1.32 bits per heavy atom. The first-order valence-corrected chi connectivity index (χ1v) is 6.78. The molecule has 0 spiro atoms. The zero-order valence-corrected chi connectivity index (χ0v) is 11.3. The summed E-state index contributed by atoms with van der Waals surface area (Å²) in [4.78, 5) is 8.00. The molecule has 102 valence electrons. The Labute approximate surface area is 112 Å². The Hall–Kier alpha value is -1.75. The number of fused-ring (bicyclic) bond motifs is 2. The minimum atomic E-state index is 0.244. The van der Waals surface area contributed by atoms with Crippen molar-refractivity contribution in [3.05, 3.63) is 18.0 Å². The summed E-state index contributed by atoms with van der Waals surface area (Å²) in [6.07, 6.45) is 1.90. The second-order valence-electron chi connectivity index (χ2n) is 4.74. The second-order valence-corrected chi connectivity index (χ2v) is 4.74. The van der Waals surface area contributed by atoms with E-state index in [2.05, 4.69) is 22.2 Å². The van der Waals surface area contributed by atoms with Crippen LogP contribution in [0, 0.1) is 0 Å². The van der Waals surface area contributed by atoms with Gasteiger partial charge >= 0.3 is 0 Å². The summed E-state index contributed by atoms with van der Waals surface area (Å²) in [6.45, 7) is 3.53. The third-order valence-electron chi connectivity index (χ3n) is 3.46. The first kappa shape index (κ1) is 12.3. The lowest BCUT2D eigenvalue weighted by Crippen LogP contribution is -2.16. The van der Waals surface area contributed by atoms with Crippen LogP contribution in [0.2, 0.25) is 0 Å². The van der Waals surface area contributed by atoms with E-state index in [0.29, 0.717) is 13.2 Å². The number of aromatic amines is 1. The maximum absolute atomic E-state index is 5.69. The highest BCUT2D eigenvalue weighted by atomic mass is 16.5. The molecule has 0 fully saturated rings. The number of H-pyrrole nitrogens is 1. The van der Waals surface area contributed by atoms with Crippen LogP contribution in [0.5, 0.6) is 11.5 Å². The molecule has 0 radical (unpaired) electrons. The van der Waals surface area contributed by atoms with Crippen molar-refractivity contribution in [2.24, 2.45) is 0 Å². The van der Waals surface area contributed by atoms with E-state index in [0.717, 1.165) is 41.2 Å². The minimum absolute atomic E-state index is 0.244. The maximum Gasteiger partial charge on any atom is 0.163 e. The van der Waals surface area contributed by atoms with E-state index in [1.54, 1.807) is 0 Å². The summed E-state index contributed by atoms with van der Waals surface area (Å²) < 4.78 is 11.4. The summed E-state index contributed by atoms with van der Waals surface area (Å²) in [5.41, 5.74) is 1.92. The standard InChI is InChI=1S/C14H19N3O2/c1-3-9(15-2)14-16-10-7-12-13(8-11(10)17-14)19-6-4-5-18-12/h7-9,15H,3-6H2,1-2H3,(H,16,17). The first-order valence-electron chi connectivity index (χ1n) is 6.78. The van der Waals surface area contributed by atoms with Gasteiger partial charge in [-0.2, -0.15) is 0 Å². The van der Waals surface area contributed by atoms with E-state index >= 15 is 0 Å². The van der Waals surface area contributed by atoms with Crippen LogP contribution in [-0.2, 0) is 0 Å². The molecule has 2 heterocycles. The van der Waals surface area contributed by atoms with Crippen LogP contribution in [0.15, 0.2) is 12.1 Å². The Morgan fingerprint density at radius 3 is 2.74 bits per heavy atom. The van der Waals surface area contributed by atoms with Crippen LogP contribution in [0.4, 0.5) is 0 Å². The fourth-order valence-corrected chi connectivity index (χ4v) is 2.39. The summed E-state index contributed by atoms with van der Waals surface area (Å²) in [6, 6.07) is 4.18. The van der Waals surface area contributed by atoms with Crippen LogP contribution in [0.1, 0.15) is 31.6 Å². The molecule has 2 aromatic rings. The number of aromatic nitrogens is 2. The number of nitrogens with one attached hydrogen (secondary N) is 2. The third kappa shape index (κ3) is 2.26. The second kappa shape index (κ2) is 5.09. The van der Waals surface area contributed by atoms with Gasteiger partial charge in [0, 0.05) is 18.6 Å². The number of benzene rings is 1. The smallest absolute Gasteiger partial charge is 0.163 e. The lowest BCUT2D eigenvalue weighted by atomic mass is 10.2. The molecule has 1 aromatic heterocycles. The molecule has 0 amide bonds. The molecule has 19 heavy (non-hydrogen) atoms.